The molecule has 8 heteroatoms. The molecule has 0 bridgehead atoms. The van der Waals surface area contributed by atoms with Gasteiger partial charge in [0, 0.05) is 11.8 Å². The Bertz CT molecular complexity index is 745. The molecule has 0 aliphatic carbocycles. The number of sulfonamides is 1. The van der Waals surface area contributed by atoms with Crippen molar-refractivity contribution in [1.82, 2.24) is 4.98 Å². The van der Waals surface area contributed by atoms with Gasteiger partial charge in [-0.1, -0.05) is 0 Å². The van der Waals surface area contributed by atoms with Crippen molar-refractivity contribution in [2.24, 2.45) is 0 Å². The summed E-state index contributed by atoms with van der Waals surface area (Å²) in [5.74, 6) is 1.51. The third-order valence-electron chi connectivity index (χ3n) is 2.73. The van der Waals surface area contributed by atoms with E-state index in [0.717, 1.165) is 11.9 Å². The highest BCUT2D eigenvalue weighted by atomic mass is 32.2. The maximum absolute atomic E-state index is 11.1. The van der Waals surface area contributed by atoms with Crippen molar-refractivity contribution < 1.29 is 17.9 Å². The first kappa shape index (κ1) is 15.9. The summed E-state index contributed by atoms with van der Waals surface area (Å²) >= 11 is 0. The van der Waals surface area contributed by atoms with Crippen LogP contribution in [0.5, 0.6) is 11.5 Å². The molecule has 118 valence electrons. The number of nitrogens with zero attached hydrogens (tertiary/aromatic N) is 1. The van der Waals surface area contributed by atoms with Gasteiger partial charge in [0.15, 0.2) is 11.5 Å². The number of aromatic nitrogens is 1. The molecule has 0 aliphatic heterocycles. The quantitative estimate of drug-likeness (QED) is 0.847. The summed E-state index contributed by atoms with van der Waals surface area (Å²) in [5.41, 5.74) is 1.51. The molecule has 22 heavy (non-hydrogen) atoms. The van der Waals surface area contributed by atoms with Crippen LogP contribution < -0.4 is 19.5 Å². The molecular weight excluding hydrogens is 306 g/mol. The summed E-state index contributed by atoms with van der Waals surface area (Å²) in [6, 6.07) is 8.71. The van der Waals surface area contributed by atoms with E-state index < -0.39 is 10.0 Å². The zero-order valence-electron chi connectivity index (χ0n) is 12.5. The minimum absolute atomic E-state index is 0.264. The van der Waals surface area contributed by atoms with E-state index in [1.54, 1.807) is 38.5 Å². The van der Waals surface area contributed by atoms with Crippen molar-refractivity contribution in [1.29, 1.82) is 0 Å². The number of hydrogen-bond donors (Lipinski definition) is 2. The predicted octanol–water partition coefficient (Wildman–Crippen LogP) is 2.21. The van der Waals surface area contributed by atoms with Crippen molar-refractivity contribution in [3.63, 3.8) is 0 Å². The van der Waals surface area contributed by atoms with Crippen LogP contribution in [0.15, 0.2) is 36.5 Å². The highest BCUT2D eigenvalue weighted by Crippen LogP contribution is 2.31. The van der Waals surface area contributed by atoms with E-state index in [1.165, 1.54) is 6.20 Å². The largest absolute Gasteiger partial charge is 0.493 e. The lowest BCUT2D eigenvalue weighted by Crippen LogP contribution is -2.10. The number of nitrogens with one attached hydrogen (secondary N) is 2. The van der Waals surface area contributed by atoms with E-state index in [1.807, 2.05) is 6.07 Å². The lowest BCUT2D eigenvalue weighted by atomic mass is 10.2. The van der Waals surface area contributed by atoms with Gasteiger partial charge in [-0.15, -0.1) is 0 Å². The van der Waals surface area contributed by atoms with Gasteiger partial charge in [0.2, 0.25) is 10.0 Å². The van der Waals surface area contributed by atoms with Crippen LogP contribution in [0.25, 0.3) is 0 Å². The van der Waals surface area contributed by atoms with Gasteiger partial charge < -0.3 is 14.8 Å². The van der Waals surface area contributed by atoms with Gasteiger partial charge in [-0.05, 0) is 24.3 Å². The number of ether oxygens (including phenoxy) is 2. The summed E-state index contributed by atoms with van der Waals surface area (Å²) in [5, 5.41) is 3.14. The van der Waals surface area contributed by atoms with Gasteiger partial charge >= 0.3 is 0 Å². The van der Waals surface area contributed by atoms with Gasteiger partial charge in [0.1, 0.15) is 5.82 Å². The first-order valence-electron chi connectivity index (χ1n) is 6.34. The predicted molar refractivity (Wildman–Crippen MR) is 85.5 cm³/mol. The second kappa shape index (κ2) is 6.52. The van der Waals surface area contributed by atoms with E-state index in [0.29, 0.717) is 17.2 Å². The number of methoxy groups -OCH3 is 2. The van der Waals surface area contributed by atoms with E-state index in [9.17, 15) is 8.42 Å². The van der Waals surface area contributed by atoms with Crippen LogP contribution in [0.3, 0.4) is 0 Å². The topological polar surface area (TPSA) is 89.6 Å². The smallest absolute Gasteiger partial charge is 0.230 e. The maximum atomic E-state index is 11.1. The Morgan fingerprint density at radius 2 is 1.68 bits per heavy atom. The standard InChI is InChI=1S/C14H17N3O4S/c1-20-12-6-4-10(8-13(12)21-2)16-11-5-7-14(15-9-11)17-22(3,18)19/h4-9,16H,1-3H3,(H,15,17). The van der Waals surface area contributed by atoms with Crippen LogP contribution in [-0.4, -0.2) is 33.9 Å². The molecule has 0 amide bonds. The third kappa shape index (κ3) is 4.26. The van der Waals surface area contributed by atoms with Crippen LogP contribution in [0, 0.1) is 0 Å². The molecule has 0 saturated carbocycles. The van der Waals surface area contributed by atoms with Crippen LogP contribution in [0.2, 0.25) is 0 Å². The summed E-state index contributed by atoms with van der Waals surface area (Å²) in [7, 11) is -0.193. The highest BCUT2D eigenvalue weighted by molar-refractivity contribution is 7.92. The Morgan fingerprint density at radius 1 is 1.00 bits per heavy atom. The normalized spacial score (nSPS) is 10.9. The molecule has 7 nitrogen and oxygen atoms in total. The zero-order valence-corrected chi connectivity index (χ0v) is 13.3. The molecule has 2 N–H and O–H groups in total. The molecule has 0 radical (unpaired) electrons. The molecule has 2 aromatic rings. The summed E-state index contributed by atoms with van der Waals surface area (Å²) in [6.07, 6.45) is 2.61. The van der Waals surface area contributed by atoms with Crippen LogP contribution in [-0.2, 0) is 10.0 Å². The number of anilines is 3. The Labute approximate surface area is 129 Å². The number of rotatable bonds is 6. The average Bonchev–Trinajstić information content (AvgIpc) is 2.47. The first-order valence-corrected chi connectivity index (χ1v) is 8.23. The van der Waals surface area contributed by atoms with E-state index in [4.69, 9.17) is 9.47 Å². The average molecular weight is 323 g/mol. The lowest BCUT2D eigenvalue weighted by molar-refractivity contribution is 0.355. The third-order valence-corrected chi connectivity index (χ3v) is 3.31. The van der Waals surface area contributed by atoms with Crippen molar-refractivity contribution in [3.05, 3.63) is 36.5 Å². The minimum Gasteiger partial charge on any atom is -0.493 e. The highest BCUT2D eigenvalue weighted by Gasteiger charge is 2.06. The Balaban J connectivity index is 2.14. The molecule has 1 heterocycles. The van der Waals surface area contributed by atoms with Gasteiger partial charge in [0.05, 0.1) is 32.4 Å². The number of pyridine rings is 1. The fourth-order valence-corrected chi connectivity index (χ4v) is 2.30. The summed E-state index contributed by atoms with van der Waals surface area (Å²) in [4.78, 5) is 4.03. The molecule has 1 aromatic heterocycles. The summed E-state index contributed by atoms with van der Waals surface area (Å²) in [6.45, 7) is 0. The number of benzene rings is 1. The van der Waals surface area contributed by atoms with Gasteiger partial charge in [-0.2, -0.15) is 0 Å². The second-order valence-corrected chi connectivity index (χ2v) is 6.25. The lowest BCUT2D eigenvalue weighted by Gasteiger charge is -2.11. The Kier molecular flexibility index (Phi) is 4.71. The summed E-state index contributed by atoms with van der Waals surface area (Å²) < 4.78 is 34.9. The van der Waals surface area contributed by atoms with Gasteiger partial charge in [-0.25, -0.2) is 13.4 Å². The van der Waals surface area contributed by atoms with Crippen molar-refractivity contribution in [2.45, 2.75) is 0 Å². The Hall–Kier alpha value is -2.48. The van der Waals surface area contributed by atoms with Crippen molar-refractivity contribution >= 4 is 27.2 Å². The van der Waals surface area contributed by atoms with E-state index >= 15 is 0 Å². The molecule has 0 saturated heterocycles. The maximum Gasteiger partial charge on any atom is 0.230 e. The van der Waals surface area contributed by atoms with Crippen molar-refractivity contribution in [2.75, 3.05) is 30.5 Å². The van der Waals surface area contributed by atoms with Gasteiger partial charge in [0.25, 0.3) is 0 Å². The monoisotopic (exact) mass is 323 g/mol. The molecular formula is C14H17N3O4S. The molecule has 0 spiro atoms. The fourth-order valence-electron chi connectivity index (χ4n) is 1.80. The van der Waals surface area contributed by atoms with E-state index in [-0.39, 0.29) is 5.82 Å². The molecule has 2 rings (SSSR count). The molecule has 0 unspecified atom stereocenters. The van der Waals surface area contributed by atoms with Crippen molar-refractivity contribution in [3.8, 4) is 11.5 Å². The van der Waals surface area contributed by atoms with E-state index in [2.05, 4.69) is 15.0 Å². The number of hydrogen-bond acceptors (Lipinski definition) is 6. The zero-order chi connectivity index (χ0) is 16.2. The first-order chi connectivity index (χ1) is 10.4. The fraction of sp³-hybridized carbons (Fsp3) is 0.214. The molecule has 1 aromatic carbocycles. The Morgan fingerprint density at radius 3 is 2.23 bits per heavy atom. The second-order valence-electron chi connectivity index (χ2n) is 4.50. The molecule has 0 atom stereocenters. The van der Waals surface area contributed by atoms with Gasteiger partial charge in [-0.3, -0.25) is 4.72 Å². The SMILES string of the molecule is COc1ccc(Nc2ccc(NS(C)(=O)=O)nc2)cc1OC. The molecule has 0 aliphatic rings. The van der Waals surface area contributed by atoms with Crippen LogP contribution >= 0.6 is 0 Å². The minimum atomic E-state index is -3.33. The molecule has 0 fully saturated rings. The van der Waals surface area contributed by atoms with Crippen LogP contribution in [0.1, 0.15) is 0 Å². The van der Waals surface area contributed by atoms with Crippen LogP contribution in [0.4, 0.5) is 17.2 Å².